The average Bonchev–Trinajstić information content (AvgIpc) is 2.72. The molecular formula is C16H20N2O2. The van der Waals surface area contributed by atoms with Crippen molar-refractivity contribution in [2.75, 3.05) is 0 Å². The van der Waals surface area contributed by atoms with Gasteiger partial charge in [-0.25, -0.2) is 4.79 Å². The number of fused-ring (bicyclic) bond motifs is 1. The number of nitrogens with zero attached hydrogens (tertiary/aromatic N) is 2. The Labute approximate surface area is 119 Å². The lowest BCUT2D eigenvalue weighted by Crippen LogP contribution is -2.21. The van der Waals surface area contributed by atoms with E-state index in [1.807, 2.05) is 49.0 Å². The number of benzene rings is 1. The maximum atomic E-state index is 11.7. The standard InChI is InChI=1S/C16H20N2O2/c1-11(17-20-15(19)16(2,3)4)13-10-18(5)14-9-7-6-8-12(13)14/h6-10H,1-5H3. The zero-order valence-electron chi connectivity index (χ0n) is 12.6. The highest BCUT2D eigenvalue weighted by Crippen LogP contribution is 2.21. The zero-order chi connectivity index (χ0) is 14.9. The van der Waals surface area contributed by atoms with E-state index in [4.69, 9.17) is 4.84 Å². The lowest BCUT2D eigenvalue weighted by atomic mass is 9.98. The molecule has 4 nitrogen and oxygen atoms in total. The van der Waals surface area contributed by atoms with Gasteiger partial charge in [0.2, 0.25) is 0 Å². The third-order valence-corrected chi connectivity index (χ3v) is 3.16. The minimum atomic E-state index is -0.553. The number of oxime groups is 1. The number of rotatable bonds is 2. The Morgan fingerprint density at radius 2 is 1.90 bits per heavy atom. The molecule has 0 aliphatic rings. The maximum absolute atomic E-state index is 11.7. The van der Waals surface area contributed by atoms with Crippen molar-refractivity contribution in [1.82, 2.24) is 4.57 Å². The van der Waals surface area contributed by atoms with Crippen molar-refractivity contribution in [2.45, 2.75) is 27.7 Å². The Hall–Kier alpha value is -2.10. The Morgan fingerprint density at radius 3 is 2.55 bits per heavy atom. The van der Waals surface area contributed by atoms with Crippen LogP contribution in [-0.2, 0) is 16.7 Å². The summed E-state index contributed by atoms with van der Waals surface area (Å²) in [6.45, 7) is 7.26. The van der Waals surface area contributed by atoms with Crippen molar-refractivity contribution in [1.29, 1.82) is 0 Å². The molecule has 0 aliphatic carbocycles. The number of carbonyl (C=O) groups is 1. The number of carbonyl (C=O) groups excluding carboxylic acids is 1. The number of hydrogen-bond donors (Lipinski definition) is 0. The van der Waals surface area contributed by atoms with Crippen LogP contribution in [-0.4, -0.2) is 16.2 Å². The molecular weight excluding hydrogens is 252 g/mol. The average molecular weight is 272 g/mol. The molecule has 106 valence electrons. The molecule has 0 saturated carbocycles. The first-order chi connectivity index (χ1) is 9.30. The molecule has 0 bridgehead atoms. The maximum Gasteiger partial charge on any atom is 0.340 e. The first-order valence-electron chi connectivity index (χ1n) is 6.61. The molecule has 2 aromatic rings. The number of para-hydroxylation sites is 1. The van der Waals surface area contributed by atoms with Crippen LogP contribution in [0.2, 0.25) is 0 Å². The molecule has 2 rings (SSSR count). The first kappa shape index (κ1) is 14.3. The summed E-state index contributed by atoms with van der Waals surface area (Å²) in [4.78, 5) is 16.8. The Balaban J connectivity index is 2.32. The lowest BCUT2D eigenvalue weighted by molar-refractivity contribution is -0.152. The fourth-order valence-electron chi connectivity index (χ4n) is 1.93. The van der Waals surface area contributed by atoms with Crippen LogP contribution in [0.3, 0.4) is 0 Å². The molecule has 1 heterocycles. The summed E-state index contributed by atoms with van der Waals surface area (Å²) < 4.78 is 2.04. The van der Waals surface area contributed by atoms with Crippen LogP contribution in [0.5, 0.6) is 0 Å². The van der Waals surface area contributed by atoms with E-state index < -0.39 is 5.41 Å². The van der Waals surface area contributed by atoms with E-state index in [0.29, 0.717) is 5.71 Å². The van der Waals surface area contributed by atoms with Gasteiger partial charge in [0.05, 0.1) is 11.1 Å². The van der Waals surface area contributed by atoms with E-state index in [1.54, 1.807) is 20.8 Å². The van der Waals surface area contributed by atoms with Gasteiger partial charge >= 0.3 is 5.97 Å². The molecule has 0 radical (unpaired) electrons. The van der Waals surface area contributed by atoms with Gasteiger partial charge in [-0.1, -0.05) is 23.4 Å². The van der Waals surface area contributed by atoms with E-state index in [-0.39, 0.29) is 5.97 Å². The zero-order valence-corrected chi connectivity index (χ0v) is 12.6. The van der Waals surface area contributed by atoms with Gasteiger partial charge < -0.3 is 9.40 Å². The molecule has 0 saturated heterocycles. The Kier molecular flexibility index (Phi) is 3.66. The number of hydrogen-bond acceptors (Lipinski definition) is 3. The summed E-state index contributed by atoms with van der Waals surface area (Å²) in [7, 11) is 1.99. The summed E-state index contributed by atoms with van der Waals surface area (Å²) in [5.41, 5.74) is 2.24. The van der Waals surface area contributed by atoms with Crippen LogP contribution in [0.4, 0.5) is 0 Å². The van der Waals surface area contributed by atoms with Gasteiger partial charge in [0, 0.05) is 29.7 Å². The fourth-order valence-corrected chi connectivity index (χ4v) is 1.93. The highest BCUT2D eigenvalue weighted by Gasteiger charge is 2.23. The minimum absolute atomic E-state index is 0.336. The van der Waals surface area contributed by atoms with Crippen LogP contribution in [0.25, 0.3) is 10.9 Å². The van der Waals surface area contributed by atoms with E-state index in [2.05, 4.69) is 5.16 Å². The molecule has 0 amide bonds. The number of aromatic nitrogens is 1. The topological polar surface area (TPSA) is 43.6 Å². The normalized spacial score (nSPS) is 12.8. The van der Waals surface area contributed by atoms with Crippen molar-refractivity contribution in [3.05, 3.63) is 36.0 Å². The van der Waals surface area contributed by atoms with Gasteiger partial charge in [-0.3, -0.25) is 0 Å². The van der Waals surface area contributed by atoms with Crippen LogP contribution in [0.1, 0.15) is 33.3 Å². The molecule has 1 aromatic heterocycles. The number of aryl methyl sites for hydroxylation is 1. The highest BCUT2D eigenvalue weighted by molar-refractivity contribution is 6.09. The van der Waals surface area contributed by atoms with E-state index in [0.717, 1.165) is 16.5 Å². The molecule has 4 heteroatoms. The second-order valence-electron chi connectivity index (χ2n) is 5.98. The van der Waals surface area contributed by atoms with Gasteiger partial charge in [-0.15, -0.1) is 0 Å². The Morgan fingerprint density at radius 1 is 1.25 bits per heavy atom. The van der Waals surface area contributed by atoms with Gasteiger partial charge in [-0.2, -0.15) is 0 Å². The minimum Gasteiger partial charge on any atom is -0.350 e. The smallest absolute Gasteiger partial charge is 0.340 e. The van der Waals surface area contributed by atoms with E-state index in [1.165, 1.54) is 0 Å². The third kappa shape index (κ3) is 2.74. The fraction of sp³-hybridized carbons (Fsp3) is 0.375. The third-order valence-electron chi connectivity index (χ3n) is 3.16. The second-order valence-corrected chi connectivity index (χ2v) is 5.98. The van der Waals surface area contributed by atoms with Crippen molar-refractivity contribution < 1.29 is 9.63 Å². The summed E-state index contributed by atoms with van der Waals surface area (Å²) in [5.74, 6) is -0.336. The summed E-state index contributed by atoms with van der Waals surface area (Å²) >= 11 is 0. The van der Waals surface area contributed by atoms with Gasteiger partial charge in [0.25, 0.3) is 0 Å². The van der Waals surface area contributed by atoms with Crippen LogP contribution in [0, 0.1) is 5.41 Å². The lowest BCUT2D eigenvalue weighted by Gasteiger charge is -2.13. The summed E-state index contributed by atoms with van der Waals surface area (Å²) in [5, 5.41) is 5.08. The van der Waals surface area contributed by atoms with Gasteiger partial charge in [0.1, 0.15) is 0 Å². The summed E-state index contributed by atoms with van der Waals surface area (Å²) in [6, 6.07) is 8.07. The molecule has 0 fully saturated rings. The molecule has 0 spiro atoms. The van der Waals surface area contributed by atoms with Crippen molar-refractivity contribution >= 4 is 22.6 Å². The van der Waals surface area contributed by atoms with Crippen molar-refractivity contribution in [3.63, 3.8) is 0 Å². The monoisotopic (exact) mass is 272 g/mol. The van der Waals surface area contributed by atoms with Crippen molar-refractivity contribution in [2.24, 2.45) is 17.6 Å². The second kappa shape index (κ2) is 5.12. The van der Waals surface area contributed by atoms with Gasteiger partial charge in [0.15, 0.2) is 0 Å². The molecule has 0 N–H and O–H groups in total. The first-order valence-corrected chi connectivity index (χ1v) is 6.61. The quantitative estimate of drug-likeness (QED) is 0.477. The van der Waals surface area contributed by atoms with Crippen molar-refractivity contribution in [3.8, 4) is 0 Å². The van der Waals surface area contributed by atoms with Crippen LogP contribution < -0.4 is 0 Å². The van der Waals surface area contributed by atoms with E-state index >= 15 is 0 Å². The molecule has 0 unspecified atom stereocenters. The van der Waals surface area contributed by atoms with Gasteiger partial charge in [-0.05, 0) is 33.8 Å². The SMILES string of the molecule is CC(=NOC(=O)C(C)(C)C)c1cn(C)c2ccccc12. The molecule has 1 aromatic carbocycles. The predicted octanol–water partition coefficient (Wildman–Crippen LogP) is 3.49. The molecule has 0 aliphatic heterocycles. The molecule has 20 heavy (non-hydrogen) atoms. The Bertz CT molecular complexity index is 675. The summed E-state index contributed by atoms with van der Waals surface area (Å²) in [6.07, 6.45) is 1.99. The largest absolute Gasteiger partial charge is 0.350 e. The van der Waals surface area contributed by atoms with Crippen LogP contribution in [0.15, 0.2) is 35.6 Å². The highest BCUT2D eigenvalue weighted by atomic mass is 16.7. The van der Waals surface area contributed by atoms with Crippen LogP contribution >= 0.6 is 0 Å². The molecule has 0 atom stereocenters. The van der Waals surface area contributed by atoms with E-state index in [9.17, 15) is 4.79 Å². The predicted molar refractivity (Wildman–Crippen MR) is 80.7 cm³/mol.